The first-order valence-corrected chi connectivity index (χ1v) is 8.56. The van der Waals surface area contributed by atoms with E-state index in [1.807, 2.05) is 26.0 Å². The number of hydrogen-bond acceptors (Lipinski definition) is 5. The third kappa shape index (κ3) is 3.61. The van der Waals surface area contributed by atoms with Crippen molar-refractivity contribution in [2.75, 3.05) is 11.6 Å². The largest absolute Gasteiger partial charge is 0.320 e. The van der Waals surface area contributed by atoms with Crippen LogP contribution < -0.4 is 5.32 Å². The van der Waals surface area contributed by atoms with E-state index in [4.69, 9.17) is 11.6 Å². The van der Waals surface area contributed by atoms with Crippen molar-refractivity contribution in [2.45, 2.75) is 19.0 Å². The summed E-state index contributed by atoms with van der Waals surface area (Å²) in [5.74, 6) is -0.592. The number of carbonyl (C=O) groups excluding carboxylic acids is 1. The van der Waals surface area contributed by atoms with Gasteiger partial charge in [-0.1, -0.05) is 23.7 Å². The van der Waals surface area contributed by atoms with Crippen molar-refractivity contribution in [1.82, 2.24) is 9.97 Å². The van der Waals surface area contributed by atoms with Gasteiger partial charge in [-0.15, -0.1) is 0 Å². The van der Waals surface area contributed by atoms with Gasteiger partial charge in [0.2, 0.25) is 15.0 Å². The Labute approximate surface area is 133 Å². The molecule has 2 aromatic rings. The summed E-state index contributed by atoms with van der Waals surface area (Å²) < 4.78 is 23.0. The Bertz CT molecular complexity index is 850. The molecular formula is C14H14ClN3O3S. The molecule has 6 nitrogen and oxygen atoms in total. The predicted octanol–water partition coefficient (Wildman–Crippen LogP) is 2.40. The predicted molar refractivity (Wildman–Crippen MR) is 84.0 cm³/mol. The van der Waals surface area contributed by atoms with Crippen LogP contribution in [0.5, 0.6) is 0 Å². The monoisotopic (exact) mass is 339 g/mol. The maximum absolute atomic E-state index is 12.3. The standard InChI is InChI=1S/C14H14ClN3O3S/c1-8-4-5-9(2)11(6-8)17-13(19)12-10(15)7-16-14(18-12)22(3,20)21/h4-7H,1-3H3,(H,17,19). The van der Waals surface area contributed by atoms with Crippen LogP contribution in [0.1, 0.15) is 21.6 Å². The summed E-state index contributed by atoms with van der Waals surface area (Å²) in [7, 11) is -3.62. The SMILES string of the molecule is Cc1ccc(C)c(NC(=O)c2nc(S(C)(=O)=O)ncc2Cl)c1. The van der Waals surface area contributed by atoms with Gasteiger partial charge in [-0.3, -0.25) is 4.79 Å². The molecule has 1 aromatic heterocycles. The van der Waals surface area contributed by atoms with Crippen LogP contribution in [-0.4, -0.2) is 30.5 Å². The summed E-state index contributed by atoms with van der Waals surface area (Å²) in [5, 5.41) is 2.22. The summed E-state index contributed by atoms with van der Waals surface area (Å²) >= 11 is 5.90. The first kappa shape index (κ1) is 16.4. The van der Waals surface area contributed by atoms with Crippen LogP contribution in [0.2, 0.25) is 5.02 Å². The molecule has 0 fully saturated rings. The van der Waals surface area contributed by atoms with Crippen molar-refractivity contribution in [3.63, 3.8) is 0 Å². The Morgan fingerprint density at radius 3 is 2.59 bits per heavy atom. The van der Waals surface area contributed by atoms with Crippen molar-refractivity contribution in [1.29, 1.82) is 0 Å². The van der Waals surface area contributed by atoms with Crippen LogP contribution in [0.15, 0.2) is 29.6 Å². The number of benzene rings is 1. The number of anilines is 1. The summed E-state index contributed by atoms with van der Waals surface area (Å²) in [5.41, 5.74) is 2.28. The summed E-state index contributed by atoms with van der Waals surface area (Å²) in [6.45, 7) is 3.74. The van der Waals surface area contributed by atoms with E-state index in [0.717, 1.165) is 23.6 Å². The average molecular weight is 340 g/mol. The minimum atomic E-state index is -3.62. The van der Waals surface area contributed by atoms with Gasteiger partial charge in [0, 0.05) is 11.9 Å². The molecule has 0 bridgehead atoms. The van der Waals surface area contributed by atoms with Gasteiger partial charge in [-0.25, -0.2) is 18.4 Å². The Morgan fingerprint density at radius 2 is 1.95 bits per heavy atom. The molecule has 1 heterocycles. The second-order valence-electron chi connectivity index (χ2n) is 4.89. The number of amides is 1. The Balaban J connectivity index is 2.39. The van der Waals surface area contributed by atoms with Gasteiger partial charge in [-0.2, -0.15) is 0 Å². The Kier molecular flexibility index (Phi) is 4.48. The Hall–Kier alpha value is -1.99. The molecule has 0 aliphatic rings. The van der Waals surface area contributed by atoms with Crippen molar-refractivity contribution in [3.8, 4) is 0 Å². The zero-order chi connectivity index (χ0) is 16.5. The van der Waals surface area contributed by atoms with Crippen LogP contribution in [0.3, 0.4) is 0 Å². The first-order chi connectivity index (χ1) is 10.2. The van der Waals surface area contributed by atoms with Gasteiger partial charge in [0.25, 0.3) is 5.91 Å². The van der Waals surface area contributed by atoms with Crippen LogP contribution in [0.25, 0.3) is 0 Å². The molecule has 0 saturated heterocycles. The second kappa shape index (κ2) is 6.02. The average Bonchev–Trinajstić information content (AvgIpc) is 2.42. The van der Waals surface area contributed by atoms with Crippen LogP contribution >= 0.6 is 11.6 Å². The minimum Gasteiger partial charge on any atom is -0.320 e. The van der Waals surface area contributed by atoms with Gasteiger partial charge in [0.05, 0.1) is 11.2 Å². The lowest BCUT2D eigenvalue weighted by molar-refractivity contribution is 0.102. The molecule has 0 radical (unpaired) electrons. The maximum atomic E-state index is 12.3. The fraction of sp³-hybridized carbons (Fsp3) is 0.214. The molecule has 116 valence electrons. The third-order valence-corrected chi connectivity index (χ3v) is 4.05. The first-order valence-electron chi connectivity index (χ1n) is 6.29. The summed E-state index contributed by atoms with van der Waals surface area (Å²) in [4.78, 5) is 19.7. The third-order valence-electron chi connectivity index (χ3n) is 2.91. The highest BCUT2D eigenvalue weighted by molar-refractivity contribution is 7.90. The molecule has 0 aliphatic heterocycles. The highest BCUT2D eigenvalue weighted by Crippen LogP contribution is 2.20. The minimum absolute atomic E-state index is 0.0183. The van der Waals surface area contributed by atoms with Crippen LogP contribution in [0, 0.1) is 13.8 Å². The van der Waals surface area contributed by atoms with Crippen molar-refractivity contribution in [3.05, 3.63) is 46.2 Å². The lowest BCUT2D eigenvalue weighted by Crippen LogP contribution is -2.17. The number of halogens is 1. The molecule has 0 aliphatic carbocycles. The lowest BCUT2D eigenvalue weighted by Gasteiger charge is -2.10. The smallest absolute Gasteiger partial charge is 0.275 e. The number of carbonyl (C=O) groups is 1. The number of aryl methyl sites for hydroxylation is 2. The van der Waals surface area contributed by atoms with E-state index in [1.54, 1.807) is 6.07 Å². The molecular weight excluding hydrogens is 326 g/mol. The highest BCUT2D eigenvalue weighted by Gasteiger charge is 2.19. The molecule has 0 atom stereocenters. The molecule has 8 heteroatoms. The molecule has 0 saturated carbocycles. The van der Waals surface area contributed by atoms with Crippen LogP contribution in [0.4, 0.5) is 5.69 Å². The lowest BCUT2D eigenvalue weighted by atomic mass is 10.1. The maximum Gasteiger partial charge on any atom is 0.275 e. The number of hydrogen-bond donors (Lipinski definition) is 1. The molecule has 1 N–H and O–H groups in total. The zero-order valence-corrected chi connectivity index (χ0v) is 13.8. The van der Waals surface area contributed by atoms with E-state index < -0.39 is 20.9 Å². The van der Waals surface area contributed by atoms with E-state index in [9.17, 15) is 13.2 Å². The summed E-state index contributed by atoms with van der Waals surface area (Å²) in [6.07, 6.45) is 2.06. The van der Waals surface area contributed by atoms with Gasteiger partial charge in [0.1, 0.15) is 0 Å². The normalized spacial score (nSPS) is 11.3. The second-order valence-corrected chi connectivity index (χ2v) is 7.21. The molecule has 1 aromatic carbocycles. The quantitative estimate of drug-likeness (QED) is 0.867. The highest BCUT2D eigenvalue weighted by atomic mass is 35.5. The molecule has 0 unspecified atom stereocenters. The number of sulfone groups is 1. The van der Waals surface area contributed by atoms with Gasteiger partial charge in [0.15, 0.2) is 5.69 Å². The van der Waals surface area contributed by atoms with Gasteiger partial charge in [-0.05, 0) is 31.0 Å². The number of aromatic nitrogens is 2. The fourth-order valence-electron chi connectivity index (χ4n) is 1.74. The van der Waals surface area contributed by atoms with E-state index in [2.05, 4.69) is 15.3 Å². The van der Waals surface area contributed by atoms with Gasteiger partial charge < -0.3 is 5.32 Å². The molecule has 22 heavy (non-hydrogen) atoms. The van der Waals surface area contributed by atoms with Crippen molar-refractivity contribution in [2.24, 2.45) is 0 Å². The number of rotatable bonds is 3. The Morgan fingerprint density at radius 1 is 1.27 bits per heavy atom. The zero-order valence-electron chi connectivity index (χ0n) is 12.2. The molecule has 2 rings (SSSR count). The molecule has 1 amide bonds. The molecule has 0 spiro atoms. The van der Waals surface area contributed by atoms with E-state index in [-0.39, 0.29) is 10.7 Å². The van der Waals surface area contributed by atoms with Crippen molar-refractivity contribution >= 4 is 33.0 Å². The van der Waals surface area contributed by atoms with Crippen molar-refractivity contribution < 1.29 is 13.2 Å². The van der Waals surface area contributed by atoms with Crippen LogP contribution in [-0.2, 0) is 9.84 Å². The number of nitrogens with one attached hydrogen (secondary N) is 1. The van der Waals surface area contributed by atoms with E-state index in [0.29, 0.717) is 5.69 Å². The number of nitrogens with zero attached hydrogens (tertiary/aromatic N) is 2. The van der Waals surface area contributed by atoms with E-state index in [1.165, 1.54) is 0 Å². The summed E-state index contributed by atoms with van der Waals surface area (Å²) in [6, 6.07) is 5.60. The van der Waals surface area contributed by atoms with E-state index >= 15 is 0 Å². The fourth-order valence-corrected chi connectivity index (χ4v) is 2.42. The van der Waals surface area contributed by atoms with Gasteiger partial charge >= 0.3 is 0 Å². The topological polar surface area (TPSA) is 89.0 Å².